The Kier molecular flexibility index (Phi) is 6.22. The number of aromatic nitrogens is 3. The molecule has 3 aromatic rings. The molecule has 0 aliphatic carbocycles. The molecule has 0 spiro atoms. The molecule has 0 atom stereocenters. The molecule has 0 aliphatic rings. The molecule has 0 amide bonds. The number of anilines is 1. The molecule has 0 bridgehead atoms. The molecule has 3 rings (SSSR count). The number of benzene rings is 1. The van der Waals surface area contributed by atoms with Gasteiger partial charge >= 0.3 is 0 Å². The molecule has 6 heteroatoms. The van der Waals surface area contributed by atoms with E-state index in [0.29, 0.717) is 17.3 Å². The average molecular weight is 385 g/mol. The summed E-state index contributed by atoms with van der Waals surface area (Å²) >= 11 is 0. The lowest BCUT2D eigenvalue weighted by Gasteiger charge is -2.14. The Morgan fingerprint density at radius 3 is 2.76 bits per heavy atom. The van der Waals surface area contributed by atoms with Gasteiger partial charge in [-0.25, -0.2) is 15.0 Å². The second-order valence-electron chi connectivity index (χ2n) is 6.66. The van der Waals surface area contributed by atoms with Crippen molar-refractivity contribution < 1.29 is 4.42 Å². The van der Waals surface area contributed by atoms with E-state index in [1.54, 1.807) is 24.5 Å². The quantitative estimate of drug-likeness (QED) is 0.510. The monoisotopic (exact) mass is 385 g/mol. The van der Waals surface area contributed by atoms with Crippen LogP contribution in [0, 0.1) is 12.3 Å². The molecule has 2 heterocycles. The Balaban J connectivity index is 2.02. The van der Waals surface area contributed by atoms with Gasteiger partial charge in [-0.1, -0.05) is 36.3 Å². The molecule has 0 saturated carbocycles. The third-order valence-electron chi connectivity index (χ3n) is 4.24. The zero-order valence-corrected chi connectivity index (χ0v) is 16.8. The van der Waals surface area contributed by atoms with Crippen LogP contribution in [0.25, 0.3) is 28.3 Å². The van der Waals surface area contributed by atoms with Crippen LogP contribution in [-0.4, -0.2) is 33.9 Å². The molecule has 0 unspecified atom stereocenters. The van der Waals surface area contributed by atoms with Gasteiger partial charge in [-0.15, -0.1) is 6.42 Å². The maximum atomic E-state index is 6.09. The summed E-state index contributed by atoms with van der Waals surface area (Å²) < 4.78 is 5.90. The lowest BCUT2D eigenvalue weighted by Crippen LogP contribution is -2.11. The van der Waals surface area contributed by atoms with Crippen LogP contribution in [0.2, 0.25) is 0 Å². The van der Waals surface area contributed by atoms with Crippen molar-refractivity contribution in [2.24, 2.45) is 0 Å². The molecule has 0 radical (unpaired) electrons. The fraction of sp³-hybridized carbons (Fsp3) is 0.174. The lowest BCUT2D eigenvalue weighted by atomic mass is 10.0. The van der Waals surface area contributed by atoms with Gasteiger partial charge in [-0.3, -0.25) is 0 Å². The Hall–Kier alpha value is -3.69. The van der Waals surface area contributed by atoms with Crippen molar-refractivity contribution in [1.29, 1.82) is 0 Å². The van der Waals surface area contributed by atoms with E-state index in [2.05, 4.69) is 26.9 Å². The van der Waals surface area contributed by atoms with Gasteiger partial charge in [0.25, 0.3) is 0 Å². The third-order valence-corrected chi connectivity index (χ3v) is 4.24. The maximum Gasteiger partial charge on any atom is 0.226 e. The smallest absolute Gasteiger partial charge is 0.226 e. The number of oxazole rings is 1. The largest absolute Gasteiger partial charge is 0.434 e. The number of nitrogens with zero attached hydrogens (tertiary/aromatic N) is 4. The first-order chi connectivity index (χ1) is 14.0. The summed E-state index contributed by atoms with van der Waals surface area (Å²) in [6.45, 7) is 2.67. The number of nitrogens with two attached hydrogens (primary N) is 1. The van der Waals surface area contributed by atoms with Gasteiger partial charge in [0.05, 0.1) is 18.1 Å². The minimum absolute atomic E-state index is 0.280. The van der Waals surface area contributed by atoms with Gasteiger partial charge in [0.15, 0.2) is 17.3 Å². The van der Waals surface area contributed by atoms with Gasteiger partial charge in [0, 0.05) is 17.7 Å². The van der Waals surface area contributed by atoms with Crippen molar-refractivity contribution in [2.45, 2.75) is 13.5 Å². The first-order valence-electron chi connectivity index (χ1n) is 9.14. The second kappa shape index (κ2) is 9.00. The lowest BCUT2D eigenvalue weighted by molar-refractivity contribution is 0.403. The highest BCUT2D eigenvalue weighted by molar-refractivity contribution is 5.73. The predicted molar refractivity (Wildman–Crippen MR) is 116 cm³/mol. The number of rotatable bonds is 6. The molecule has 146 valence electrons. The molecule has 0 fully saturated rings. The first-order valence-corrected chi connectivity index (χ1v) is 9.14. The molecule has 29 heavy (non-hydrogen) atoms. The summed E-state index contributed by atoms with van der Waals surface area (Å²) in [7, 11) is 4.06. The Morgan fingerprint density at radius 2 is 2.03 bits per heavy atom. The first kappa shape index (κ1) is 20.1. The molecular weight excluding hydrogens is 362 g/mol. The highest BCUT2D eigenvalue weighted by Crippen LogP contribution is 2.30. The summed E-state index contributed by atoms with van der Waals surface area (Å²) in [6.07, 6.45) is 13.8. The SMILES string of the molecule is C#CC=CC(=CC)c1ncc(-c2nc(-c3ccccc3CN(C)C)cnc2N)o1. The molecule has 0 aliphatic heterocycles. The van der Waals surface area contributed by atoms with Crippen LogP contribution in [-0.2, 0) is 6.54 Å². The maximum absolute atomic E-state index is 6.09. The van der Waals surface area contributed by atoms with Crippen LogP contribution in [0.3, 0.4) is 0 Å². The van der Waals surface area contributed by atoms with Crippen LogP contribution >= 0.6 is 0 Å². The Bertz CT molecular complexity index is 1100. The minimum atomic E-state index is 0.280. The van der Waals surface area contributed by atoms with E-state index in [1.165, 1.54) is 0 Å². The molecular formula is C23H23N5O. The zero-order chi connectivity index (χ0) is 20.8. The normalized spacial score (nSPS) is 11.9. The van der Waals surface area contributed by atoms with Gasteiger partial charge in [-0.2, -0.15) is 0 Å². The number of terminal acetylenes is 1. The van der Waals surface area contributed by atoms with Gasteiger partial charge in [-0.05, 0) is 38.7 Å². The summed E-state index contributed by atoms with van der Waals surface area (Å²) in [5.41, 5.74) is 10.2. The molecule has 1 aromatic carbocycles. The van der Waals surface area contributed by atoms with Crippen LogP contribution in [0.4, 0.5) is 5.82 Å². The van der Waals surface area contributed by atoms with Crippen molar-refractivity contribution in [2.75, 3.05) is 19.8 Å². The topological polar surface area (TPSA) is 81.1 Å². The predicted octanol–water partition coefficient (Wildman–Crippen LogP) is 4.04. The number of hydrogen-bond acceptors (Lipinski definition) is 6. The zero-order valence-electron chi connectivity index (χ0n) is 16.8. The van der Waals surface area contributed by atoms with E-state index >= 15 is 0 Å². The number of allylic oxidation sites excluding steroid dienone is 4. The number of nitrogen functional groups attached to an aromatic ring is 1. The highest BCUT2D eigenvalue weighted by Gasteiger charge is 2.16. The van der Waals surface area contributed by atoms with E-state index in [4.69, 9.17) is 21.6 Å². The molecule has 2 N–H and O–H groups in total. The van der Waals surface area contributed by atoms with Gasteiger partial charge in [0.1, 0.15) is 0 Å². The molecule has 2 aromatic heterocycles. The summed E-state index contributed by atoms with van der Waals surface area (Å²) in [5.74, 6) is 3.63. The third kappa shape index (κ3) is 4.60. The fourth-order valence-electron chi connectivity index (χ4n) is 2.90. The number of hydrogen-bond donors (Lipinski definition) is 1. The average Bonchev–Trinajstić information content (AvgIpc) is 3.19. The van der Waals surface area contributed by atoms with Crippen molar-refractivity contribution in [1.82, 2.24) is 19.9 Å². The fourth-order valence-corrected chi connectivity index (χ4v) is 2.90. The van der Waals surface area contributed by atoms with Crippen molar-refractivity contribution >= 4 is 11.4 Å². The van der Waals surface area contributed by atoms with Gasteiger partial charge in [0.2, 0.25) is 5.89 Å². The van der Waals surface area contributed by atoms with Crippen LogP contribution in [0.5, 0.6) is 0 Å². The van der Waals surface area contributed by atoms with E-state index < -0.39 is 0 Å². The second-order valence-corrected chi connectivity index (χ2v) is 6.66. The Labute approximate surface area is 170 Å². The van der Waals surface area contributed by atoms with Crippen LogP contribution in [0.1, 0.15) is 18.4 Å². The van der Waals surface area contributed by atoms with Crippen molar-refractivity contribution in [3.8, 4) is 35.1 Å². The molecule has 6 nitrogen and oxygen atoms in total. The van der Waals surface area contributed by atoms with Crippen molar-refractivity contribution in [3.05, 3.63) is 66.3 Å². The molecule has 0 saturated heterocycles. The highest BCUT2D eigenvalue weighted by atomic mass is 16.4. The van der Waals surface area contributed by atoms with Crippen LogP contribution in [0.15, 0.2) is 59.3 Å². The standard InChI is InChI=1S/C23H23N5O/c1-5-7-10-16(6-2)23-26-14-20(29-23)21-22(24)25-13-19(27-21)18-12-9-8-11-17(18)15-28(3)4/h1,6-14H,15H2,2-4H3,(H2,24,25). The van der Waals surface area contributed by atoms with E-state index in [-0.39, 0.29) is 5.82 Å². The van der Waals surface area contributed by atoms with E-state index in [1.807, 2.05) is 45.3 Å². The summed E-state index contributed by atoms with van der Waals surface area (Å²) in [5, 5.41) is 0. The summed E-state index contributed by atoms with van der Waals surface area (Å²) in [4.78, 5) is 15.5. The van der Waals surface area contributed by atoms with E-state index in [9.17, 15) is 0 Å². The Morgan fingerprint density at radius 1 is 1.24 bits per heavy atom. The van der Waals surface area contributed by atoms with Crippen molar-refractivity contribution in [3.63, 3.8) is 0 Å². The minimum Gasteiger partial charge on any atom is -0.434 e. The summed E-state index contributed by atoms with van der Waals surface area (Å²) in [6, 6.07) is 8.10. The van der Waals surface area contributed by atoms with Crippen LogP contribution < -0.4 is 5.73 Å². The van der Waals surface area contributed by atoms with Gasteiger partial charge < -0.3 is 15.1 Å². The van der Waals surface area contributed by atoms with E-state index in [0.717, 1.165) is 28.9 Å².